The maximum Gasteiger partial charge on any atom is 0.242 e. The van der Waals surface area contributed by atoms with E-state index in [0.717, 1.165) is 36.3 Å². The van der Waals surface area contributed by atoms with Crippen molar-refractivity contribution in [2.45, 2.75) is 12.8 Å². The summed E-state index contributed by atoms with van der Waals surface area (Å²) in [4.78, 5) is 24.1. The maximum atomic E-state index is 6.08. The van der Waals surface area contributed by atoms with Crippen LogP contribution in [0.15, 0.2) is 30.9 Å². The van der Waals surface area contributed by atoms with Gasteiger partial charge >= 0.3 is 0 Å². The van der Waals surface area contributed by atoms with Gasteiger partial charge in [-0.2, -0.15) is 0 Å². The van der Waals surface area contributed by atoms with E-state index in [1.54, 1.807) is 24.8 Å². The van der Waals surface area contributed by atoms with Crippen LogP contribution in [0, 0.1) is 5.92 Å². The van der Waals surface area contributed by atoms with Gasteiger partial charge in [-0.05, 0) is 25.5 Å². The van der Waals surface area contributed by atoms with Gasteiger partial charge in [0.25, 0.3) is 0 Å². The zero-order chi connectivity index (χ0) is 18.6. The van der Waals surface area contributed by atoms with Gasteiger partial charge in [0.2, 0.25) is 11.8 Å². The number of hydrogen-bond acceptors (Lipinski definition) is 8. The summed E-state index contributed by atoms with van der Waals surface area (Å²) in [6, 6.07) is 1.89. The molecule has 3 aromatic heterocycles. The quantitative estimate of drug-likeness (QED) is 0.734. The van der Waals surface area contributed by atoms with Gasteiger partial charge in [-0.3, -0.25) is 4.98 Å². The van der Waals surface area contributed by atoms with E-state index >= 15 is 0 Å². The number of fused-ring (bicyclic) bond motifs is 1. The molecule has 1 saturated heterocycles. The molecule has 4 rings (SSSR count). The van der Waals surface area contributed by atoms with Crippen LogP contribution < -0.4 is 15.0 Å². The van der Waals surface area contributed by atoms with Gasteiger partial charge in [0.1, 0.15) is 0 Å². The highest BCUT2D eigenvalue weighted by atomic mass is 16.5. The fourth-order valence-electron chi connectivity index (χ4n) is 3.14. The summed E-state index contributed by atoms with van der Waals surface area (Å²) < 4.78 is 6.08. The molecule has 1 atom stereocenters. The number of piperidine rings is 1. The Balaban J connectivity index is 1.65. The van der Waals surface area contributed by atoms with E-state index in [2.05, 4.69) is 25.3 Å². The topological polar surface area (TPSA) is 89.0 Å². The normalized spacial score (nSPS) is 17.0. The molecule has 0 aliphatic carbocycles. The fourth-order valence-corrected chi connectivity index (χ4v) is 3.14. The minimum absolute atomic E-state index is 0.485. The van der Waals surface area contributed by atoms with E-state index in [1.807, 2.05) is 25.1 Å². The molecule has 3 aromatic rings. The molecule has 1 N–H and O–H groups in total. The highest BCUT2D eigenvalue weighted by molar-refractivity contribution is 5.83. The first-order chi connectivity index (χ1) is 13.2. The van der Waals surface area contributed by atoms with E-state index in [0.29, 0.717) is 29.9 Å². The Morgan fingerprint density at radius 2 is 1.96 bits per heavy atom. The molecule has 0 bridgehead atoms. The lowest BCUT2D eigenvalue weighted by molar-refractivity contribution is 0.214. The van der Waals surface area contributed by atoms with Crippen molar-refractivity contribution >= 4 is 17.0 Å². The molecule has 140 valence electrons. The summed E-state index contributed by atoms with van der Waals surface area (Å²) >= 11 is 0. The van der Waals surface area contributed by atoms with Gasteiger partial charge in [-0.15, -0.1) is 0 Å². The molecule has 0 aromatic carbocycles. The lowest BCUT2D eigenvalue weighted by Gasteiger charge is -2.22. The van der Waals surface area contributed by atoms with Crippen LogP contribution in [0.25, 0.3) is 22.3 Å². The van der Waals surface area contributed by atoms with E-state index in [-0.39, 0.29) is 0 Å². The Hall–Kier alpha value is -2.87. The molecule has 0 saturated carbocycles. The van der Waals surface area contributed by atoms with Crippen molar-refractivity contribution in [3.63, 3.8) is 0 Å². The predicted octanol–water partition coefficient (Wildman–Crippen LogP) is 1.93. The predicted molar refractivity (Wildman–Crippen MR) is 104 cm³/mol. The minimum Gasteiger partial charge on any atom is -0.476 e. The summed E-state index contributed by atoms with van der Waals surface area (Å²) in [5, 5.41) is 3.41. The number of nitrogens with zero attached hydrogens (tertiary/aromatic N) is 6. The van der Waals surface area contributed by atoms with Gasteiger partial charge in [0.05, 0.1) is 17.8 Å². The van der Waals surface area contributed by atoms with Crippen molar-refractivity contribution in [3.8, 4) is 17.1 Å². The number of hydrogen-bond donors (Lipinski definition) is 1. The average molecular weight is 365 g/mol. The molecule has 1 fully saturated rings. The van der Waals surface area contributed by atoms with Gasteiger partial charge < -0.3 is 15.0 Å². The van der Waals surface area contributed by atoms with Crippen LogP contribution in [0.1, 0.15) is 12.8 Å². The first-order valence-corrected chi connectivity index (χ1v) is 9.16. The van der Waals surface area contributed by atoms with Crippen LogP contribution in [-0.4, -0.2) is 58.7 Å². The molecule has 27 heavy (non-hydrogen) atoms. The van der Waals surface area contributed by atoms with Gasteiger partial charge in [0, 0.05) is 56.9 Å². The third-order valence-electron chi connectivity index (χ3n) is 4.61. The first kappa shape index (κ1) is 17.5. The van der Waals surface area contributed by atoms with Crippen LogP contribution in [0.2, 0.25) is 0 Å². The molecule has 0 amide bonds. The lowest BCUT2D eigenvalue weighted by Crippen LogP contribution is -2.33. The molecule has 8 heteroatoms. The number of aromatic nitrogens is 5. The van der Waals surface area contributed by atoms with Crippen molar-refractivity contribution in [2.75, 3.05) is 38.7 Å². The second kappa shape index (κ2) is 7.79. The minimum atomic E-state index is 0.485. The summed E-state index contributed by atoms with van der Waals surface area (Å²) in [5.41, 5.74) is 2.97. The highest BCUT2D eigenvalue weighted by Crippen LogP contribution is 2.27. The molecule has 0 unspecified atom stereocenters. The molecular weight excluding hydrogens is 342 g/mol. The Labute approximate surface area is 158 Å². The van der Waals surface area contributed by atoms with Crippen molar-refractivity contribution in [1.29, 1.82) is 0 Å². The number of pyridine rings is 1. The second-order valence-corrected chi connectivity index (χ2v) is 6.93. The van der Waals surface area contributed by atoms with E-state index < -0.39 is 0 Å². The molecule has 1 aliphatic heterocycles. The van der Waals surface area contributed by atoms with Gasteiger partial charge in [-0.25, -0.2) is 19.9 Å². The van der Waals surface area contributed by atoms with E-state index in [4.69, 9.17) is 9.72 Å². The van der Waals surface area contributed by atoms with Crippen LogP contribution in [-0.2, 0) is 0 Å². The van der Waals surface area contributed by atoms with E-state index in [1.165, 1.54) is 6.42 Å². The Kier molecular flexibility index (Phi) is 5.06. The summed E-state index contributed by atoms with van der Waals surface area (Å²) in [7, 11) is 3.82. The van der Waals surface area contributed by atoms with Crippen molar-refractivity contribution in [3.05, 3.63) is 30.9 Å². The molecular formula is C19H23N7O. The number of rotatable bonds is 5. The highest BCUT2D eigenvalue weighted by Gasteiger charge is 2.17. The zero-order valence-corrected chi connectivity index (χ0v) is 15.6. The van der Waals surface area contributed by atoms with E-state index in [9.17, 15) is 0 Å². The molecule has 8 nitrogen and oxygen atoms in total. The summed E-state index contributed by atoms with van der Waals surface area (Å²) in [6.07, 6.45) is 9.21. The smallest absolute Gasteiger partial charge is 0.242 e. The monoisotopic (exact) mass is 365 g/mol. The maximum absolute atomic E-state index is 6.08. The molecule has 0 spiro atoms. The molecule has 4 heterocycles. The Bertz CT molecular complexity index is 908. The zero-order valence-electron chi connectivity index (χ0n) is 15.6. The van der Waals surface area contributed by atoms with Crippen molar-refractivity contribution in [2.24, 2.45) is 5.92 Å². The first-order valence-electron chi connectivity index (χ1n) is 9.16. The third kappa shape index (κ3) is 3.95. The Morgan fingerprint density at radius 1 is 1.15 bits per heavy atom. The standard InChI is InChI=1S/C19H23N7O/c1-26(2)19-23-10-14(11-24-19)15-8-16-17(22-7-6-21-16)18(25-15)27-12-13-4-3-5-20-9-13/h6-8,10-11,13,20H,3-5,9,12H2,1-2H3/t13-/m0/s1. The van der Waals surface area contributed by atoms with Gasteiger partial charge in [-0.1, -0.05) is 0 Å². The molecule has 1 aliphatic rings. The summed E-state index contributed by atoms with van der Waals surface area (Å²) in [5.74, 6) is 1.65. The van der Waals surface area contributed by atoms with Crippen LogP contribution in [0.3, 0.4) is 0 Å². The third-order valence-corrected chi connectivity index (χ3v) is 4.61. The van der Waals surface area contributed by atoms with Crippen molar-refractivity contribution in [1.82, 2.24) is 30.2 Å². The average Bonchev–Trinajstić information content (AvgIpc) is 2.72. The lowest BCUT2D eigenvalue weighted by atomic mass is 10.0. The SMILES string of the molecule is CN(C)c1ncc(-c2cc3nccnc3c(OC[C@H]3CCCNC3)n2)cn1. The summed E-state index contributed by atoms with van der Waals surface area (Å²) in [6.45, 7) is 2.68. The van der Waals surface area contributed by atoms with Crippen LogP contribution in [0.4, 0.5) is 5.95 Å². The van der Waals surface area contributed by atoms with Crippen molar-refractivity contribution < 1.29 is 4.74 Å². The number of ether oxygens (including phenoxy) is 1. The number of nitrogens with one attached hydrogen (secondary N) is 1. The number of anilines is 1. The largest absolute Gasteiger partial charge is 0.476 e. The van der Waals surface area contributed by atoms with Gasteiger partial charge in [0.15, 0.2) is 5.52 Å². The second-order valence-electron chi connectivity index (χ2n) is 6.93. The molecule has 0 radical (unpaired) electrons. The van der Waals surface area contributed by atoms with Crippen LogP contribution in [0.5, 0.6) is 5.88 Å². The fraction of sp³-hybridized carbons (Fsp3) is 0.421. The Morgan fingerprint density at radius 3 is 2.70 bits per heavy atom. The van der Waals surface area contributed by atoms with Crippen LogP contribution >= 0.6 is 0 Å².